The molecule has 148 valence electrons. The first-order valence-electron chi connectivity index (χ1n) is 8.96. The van der Waals surface area contributed by atoms with Crippen molar-refractivity contribution in [3.8, 4) is 17.1 Å². The zero-order valence-corrected chi connectivity index (χ0v) is 16.0. The second-order valence-corrected chi connectivity index (χ2v) is 6.44. The molecule has 0 atom stereocenters. The van der Waals surface area contributed by atoms with Crippen molar-refractivity contribution in [3.05, 3.63) is 70.7 Å². The molecule has 0 aliphatic heterocycles. The molecule has 0 unspecified atom stereocenters. The summed E-state index contributed by atoms with van der Waals surface area (Å²) in [5, 5.41) is 7.00. The minimum Gasteiger partial charge on any atom is -0.497 e. The van der Waals surface area contributed by atoms with Crippen LogP contribution in [0.2, 0.25) is 0 Å². The molecular weight excluding hydrogens is 374 g/mol. The number of aryl methyl sites for hydroxylation is 1. The van der Waals surface area contributed by atoms with E-state index in [0.717, 1.165) is 10.2 Å². The summed E-state index contributed by atoms with van der Waals surface area (Å²) in [4.78, 5) is 29.7. The minimum absolute atomic E-state index is 0.206. The minimum atomic E-state index is -0.438. The quantitative estimate of drug-likeness (QED) is 0.536. The smallest absolute Gasteiger partial charge is 0.352 e. The van der Waals surface area contributed by atoms with Crippen LogP contribution in [0.25, 0.3) is 17.0 Å². The zero-order chi connectivity index (χ0) is 20.4. The van der Waals surface area contributed by atoms with Crippen molar-refractivity contribution in [2.45, 2.75) is 20.0 Å². The van der Waals surface area contributed by atoms with Gasteiger partial charge in [0, 0.05) is 17.3 Å². The number of aromatic nitrogens is 4. The summed E-state index contributed by atoms with van der Waals surface area (Å²) < 4.78 is 12.9. The number of methoxy groups -OCH3 is 1. The van der Waals surface area contributed by atoms with Gasteiger partial charge >= 0.3 is 5.69 Å². The zero-order valence-electron chi connectivity index (χ0n) is 16.0. The van der Waals surface area contributed by atoms with Gasteiger partial charge in [0.05, 0.1) is 19.9 Å². The lowest BCUT2D eigenvalue weighted by Crippen LogP contribution is -2.32. The second kappa shape index (κ2) is 7.63. The Kier molecular flexibility index (Phi) is 4.86. The Balaban J connectivity index is 1.65. The van der Waals surface area contributed by atoms with E-state index in [2.05, 4.69) is 15.4 Å². The molecule has 3 heterocycles. The van der Waals surface area contributed by atoms with Gasteiger partial charge in [-0.25, -0.2) is 18.9 Å². The number of nitrogens with zero attached hydrogens (tertiary/aromatic N) is 4. The molecule has 9 heteroatoms. The molecule has 3 aromatic heterocycles. The van der Waals surface area contributed by atoms with Crippen molar-refractivity contribution in [2.24, 2.45) is 0 Å². The van der Waals surface area contributed by atoms with E-state index < -0.39 is 5.69 Å². The van der Waals surface area contributed by atoms with Gasteiger partial charge < -0.3 is 14.5 Å². The summed E-state index contributed by atoms with van der Waals surface area (Å²) in [5.41, 5.74) is 1.43. The fourth-order valence-corrected chi connectivity index (χ4v) is 2.98. The lowest BCUT2D eigenvalue weighted by atomic mass is 10.2. The molecule has 0 aliphatic carbocycles. The third-order valence-corrected chi connectivity index (χ3v) is 4.38. The van der Waals surface area contributed by atoms with E-state index in [4.69, 9.17) is 9.15 Å². The lowest BCUT2D eigenvalue weighted by Gasteiger charge is -2.06. The van der Waals surface area contributed by atoms with Crippen molar-refractivity contribution in [1.29, 1.82) is 0 Å². The highest BCUT2D eigenvalue weighted by Gasteiger charge is 2.16. The van der Waals surface area contributed by atoms with E-state index in [9.17, 15) is 9.59 Å². The predicted molar refractivity (Wildman–Crippen MR) is 105 cm³/mol. The van der Waals surface area contributed by atoms with Crippen LogP contribution in [0.5, 0.6) is 5.75 Å². The van der Waals surface area contributed by atoms with Crippen molar-refractivity contribution in [2.75, 3.05) is 7.11 Å². The maximum absolute atomic E-state index is 12.9. The van der Waals surface area contributed by atoms with Gasteiger partial charge in [-0.2, -0.15) is 0 Å². The first kappa shape index (κ1) is 18.5. The van der Waals surface area contributed by atoms with E-state index in [0.29, 0.717) is 28.7 Å². The van der Waals surface area contributed by atoms with E-state index in [1.165, 1.54) is 10.7 Å². The summed E-state index contributed by atoms with van der Waals surface area (Å²) in [5.74, 6) is 1.44. The monoisotopic (exact) mass is 393 g/mol. The van der Waals surface area contributed by atoms with Crippen LogP contribution < -0.4 is 15.7 Å². The topological polar surface area (TPSA) is 104 Å². The first-order chi connectivity index (χ1) is 14.0. The Hall–Kier alpha value is -3.88. The van der Waals surface area contributed by atoms with Crippen molar-refractivity contribution in [1.82, 2.24) is 24.5 Å². The van der Waals surface area contributed by atoms with Crippen molar-refractivity contribution < 1.29 is 13.9 Å². The average Bonchev–Trinajstić information content (AvgIpc) is 3.34. The second-order valence-electron chi connectivity index (χ2n) is 6.44. The number of furan rings is 1. The molecule has 1 aromatic carbocycles. The van der Waals surface area contributed by atoms with E-state index in [-0.39, 0.29) is 19.0 Å². The molecule has 0 spiro atoms. The fraction of sp³-hybridized carbons (Fsp3) is 0.200. The molecule has 1 N–H and O–H groups in total. The van der Waals surface area contributed by atoms with Crippen molar-refractivity contribution >= 4 is 11.6 Å². The number of nitrogens with one attached hydrogen (secondary N) is 1. The SMILES string of the molecule is COc1ccc(-c2nc(C)cc3nn(CC(=O)NCc4ccco4)c(=O)n23)cc1. The Bertz CT molecular complexity index is 1210. The summed E-state index contributed by atoms with van der Waals surface area (Å²) >= 11 is 0. The standard InChI is InChI=1S/C20H19N5O4/c1-13-10-17-23-24(12-18(26)21-11-16-4-3-9-29-16)20(27)25(17)19(22-13)14-5-7-15(28-2)8-6-14/h3-10H,11-12H2,1-2H3,(H,21,26). The van der Waals surface area contributed by atoms with Crippen LogP contribution in [0.1, 0.15) is 11.5 Å². The maximum Gasteiger partial charge on any atom is 0.352 e. The normalized spacial score (nSPS) is 11.0. The van der Waals surface area contributed by atoms with Crippen LogP contribution in [0, 0.1) is 6.92 Å². The molecule has 4 rings (SSSR count). The third-order valence-electron chi connectivity index (χ3n) is 4.38. The summed E-state index contributed by atoms with van der Waals surface area (Å²) in [6, 6.07) is 12.4. The van der Waals surface area contributed by atoms with Gasteiger partial charge in [-0.3, -0.25) is 4.79 Å². The molecule has 0 aliphatic rings. The number of hydrogen-bond acceptors (Lipinski definition) is 6. The van der Waals surface area contributed by atoms with Crippen LogP contribution in [0.3, 0.4) is 0 Å². The highest BCUT2D eigenvalue weighted by molar-refractivity contribution is 5.75. The number of amides is 1. The number of ether oxygens (including phenoxy) is 1. The number of carbonyl (C=O) groups excluding carboxylic acids is 1. The molecule has 0 saturated heterocycles. The molecule has 1 amide bonds. The Morgan fingerprint density at radius 3 is 2.72 bits per heavy atom. The molecule has 0 fully saturated rings. The van der Waals surface area contributed by atoms with E-state index in [1.54, 1.807) is 37.4 Å². The molecule has 9 nitrogen and oxygen atoms in total. The Morgan fingerprint density at radius 1 is 1.24 bits per heavy atom. The number of hydrogen-bond donors (Lipinski definition) is 1. The van der Waals surface area contributed by atoms with Gasteiger partial charge in [0.15, 0.2) is 5.65 Å². The molecule has 4 aromatic rings. The molecule has 0 saturated carbocycles. The third kappa shape index (κ3) is 3.75. The maximum atomic E-state index is 12.9. The van der Waals surface area contributed by atoms with Gasteiger partial charge in [-0.05, 0) is 43.3 Å². The highest BCUT2D eigenvalue weighted by Crippen LogP contribution is 2.21. The van der Waals surface area contributed by atoms with Crippen molar-refractivity contribution in [3.63, 3.8) is 0 Å². The Morgan fingerprint density at radius 2 is 2.03 bits per heavy atom. The summed E-state index contributed by atoms with van der Waals surface area (Å²) in [6.45, 7) is 1.86. The summed E-state index contributed by atoms with van der Waals surface area (Å²) in [6.07, 6.45) is 1.53. The largest absolute Gasteiger partial charge is 0.497 e. The van der Waals surface area contributed by atoms with Crippen LogP contribution in [0.15, 0.2) is 57.9 Å². The number of fused-ring (bicyclic) bond motifs is 1. The number of rotatable bonds is 6. The number of benzene rings is 1. The van der Waals surface area contributed by atoms with Gasteiger partial charge in [0.25, 0.3) is 0 Å². The first-order valence-corrected chi connectivity index (χ1v) is 8.96. The fourth-order valence-electron chi connectivity index (χ4n) is 2.98. The molecule has 0 bridgehead atoms. The number of carbonyl (C=O) groups is 1. The van der Waals surface area contributed by atoms with Gasteiger partial charge in [-0.15, -0.1) is 5.10 Å². The predicted octanol–water partition coefficient (Wildman–Crippen LogP) is 1.78. The van der Waals surface area contributed by atoms with E-state index in [1.807, 2.05) is 19.1 Å². The molecule has 29 heavy (non-hydrogen) atoms. The molecular formula is C20H19N5O4. The molecule has 0 radical (unpaired) electrons. The summed E-state index contributed by atoms with van der Waals surface area (Å²) in [7, 11) is 1.59. The Labute approximate surface area is 165 Å². The van der Waals surface area contributed by atoms with Crippen LogP contribution in [-0.2, 0) is 17.9 Å². The van der Waals surface area contributed by atoms with Crippen LogP contribution >= 0.6 is 0 Å². The van der Waals surface area contributed by atoms with Gasteiger partial charge in [0.1, 0.15) is 23.9 Å². The average molecular weight is 393 g/mol. The van der Waals surface area contributed by atoms with Crippen LogP contribution in [0.4, 0.5) is 0 Å². The lowest BCUT2D eigenvalue weighted by molar-refractivity contribution is -0.122. The van der Waals surface area contributed by atoms with Crippen LogP contribution in [-0.4, -0.2) is 32.2 Å². The van der Waals surface area contributed by atoms with Gasteiger partial charge in [0.2, 0.25) is 5.91 Å². The highest BCUT2D eigenvalue weighted by atomic mass is 16.5. The van der Waals surface area contributed by atoms with E-state index >= 15 is 0 Å². The van der Waals surface area contributed by atoms with Gasteiger partial charge in [-0.1, -0.05) is 0 Å².